The SMILES string of the molecule is CCCCCCCCCCCCCCNC(=O)c1cc(C(=O)NCCCCCC)c(C(=O)NCCCCCCCCCCCCCC)cc1C(=O)NCCCCCC. The Balaban J connectivity index is 2.95. The van der Waals surface area contributed by atoms with Gasteiger partial charge in [0.15, 0.2) is 0 Å². The summed E-state index contributed by atoms with van der Waals surface area (Å²) >= 11 is 0. The smallest absolute Gasteiger partial charge is 0.252 e. The van der Waals surface area contributed by atoms with E-state index in [1.54, 1.807) is 0 Å². The predicted molar refractivity (Wildman–Crippen MR) is 246 cm³/mol. The average Bonchev–Trinajstić information content (AvgIpc) is 3.23. The highest BCUT2D eigenvalue weighted by Gasteiger charge is 2.26. The van der Waals surface area contributed by atoms with Gasteiger partial charge in [0.25, 0.3) is 23.6 Å². The minimum absolute atomic E-state index is 0.137. The van der Waals surface area contributed by atoms with Gasteiger partial charge >= 0.3 is 0 Å². The minimum Gasteiger partial charge on any atom is -0.352 e. The number of benzene rings is 1. The molecule has 1 aromatic carbocycles. The topological polar surface area (TPSA) is 116 Å². The van der Waals surface area contributed by atoms with Crippen molar-refractivity contribution in [1.82, 2.24) is 21.3 Å². The maximum Gasteiger partial charge on any atom is 0.252 e. The van der Waals surface area contributed by atoms with Crippen molar-refractivity contribution >= 4 is 23.6 Å². The summed E-state index contributed by atoms with van der Waals surface area (Å²) in [6, 6.07) is 2.95. The molecule has 0 aliphatic rings. The Bertz CT molecular complexity index is 1110. The van der Waals surface area contributed by atoms with Gasteiger partial charge in [-0.15, -0.1) is 0 Å². The van der Waals surface area contributed by atoms with Gasteiger partial charge in [-0.2, -0.15) is 0 Å². The molecule has 0 bridgehead atoms. The van der Waals surface area contributed by atoms with Crippen LogP contribution in [-0.4, -0.2) is 49.8 Å². The van der Waals surface area contributed by atoms with Gasteiger partial charge in [0.1, 0.15) is 0 Å². The molecule has 0 aliphatic carbocycles. The summed E-state index contributed by atoms with van der Waals surface area (Å²) < 4.78 is 0. The Hall–Kier alpha value is -2.90. The molecule has 8 heteroatoms. The normalized spacial score (nSPS) is 11.1. The summed E-state index contributed by atoms with van der Waals surface area (Å²) in [5, 5.41) is 12.0. The molecule has 0 spiro atoms. The van der Waals surface area contributed by atoms with E-state index >= 15 is 0 Å². The summed E-state index contributed by atoms with van der Waals surface area (Å²) in [5.41, 5.74) is 0.549. The molecule has 0 atom stereocenters. The Morgan fingerprint density at radius 1 is 0.276 bits per heavy atom. The molecule has 0 saturated carbocycles. The number of amides is 4. The Morgan fingerprint density at radius 3 is 0.621 bits per heavy atom. The zero-order chi connectivity index (χ0) is 42.3. The molecule has 8 nitrogen and oxygen atoms in total. The van der Waals surface area contributed by atoms with E-state index in [1.165, 1.54) is 128 Å². The second kappa shape index (κ2) is 38.3. The summed E-state index contributed by atoms with van der Waals surface area (Å²) in [5.74, 6) is -1.57. The fourth-order valence-corrected chi connectivity index (χ4v) is 7.58. The predicted octanol–water partition coefficient (Wildman–Crippen LogP) is 13.2. The van der Waals surface area contributed by atoms with Crippen LogP contribution in [0, 0.1) is 0 Å². The summed E-state index contributed by atoms with van der Waals surface area (Å²) in [6.07, 6.45) is 37.7. The number of hydrogen-bond donors (Lipinski definition) is 4. The molecule has 0 aromatic heterocycles. The molecule has 334 valence electrons. The van der Waals surface area contributed by atoms with E-state index in [9.17, 15) is 19.2 Å². The molecular formula is C50H90N4O4. The highest BCUT2D eigenvalue weighted by Crippen LogP contribution is 2.20. The Morgan fingerprint density at radius 2 is 0.431 bits per heavy atom. The van der Waals surface area contributed by atoms with E-state index in [2.05, 4.69) is 49.0 Å². The molecule has 4 amide bonds. The van der Waals surface area contributed by atoms with Gasteiger partial charge in [-0.1, -0.05) is 207 Å². The van der Waals surface area contributed by atoms with Crippen molar-refractivity contribution in [1.29, 1.82) is 0 Å². The molecule has 0 fully saturated rings. The van der Waals surface area contributed by atoms with Crippen LogP contribution in [0.3, 0.4) is 0 Å². The van der Waals surface area contributed by atoms with Crippen LogP contribution in [0.5, 0.6) is 0 Å². The van der Waals surface area contributed by atoms with Gasteiger partial charge in [-0.05, 0) is 37.8 Å². The van der Waals surface area contributed by atoms with Gasteiger partial charge < -0.3 is 21.3 Å². The van der Waals surface area contributed by atoms with E-state index in [4.69, 9.17) is 0 Å². The van der Waals surface area contributed by atoms with Gasteiger partial charge in [0.2, 0.25) is 0 Å². The molecule has 4 N–H and O–H groups in total. The van der Waals surface area contributed by atoms with Gasteiger partial charge in [0, 0.05) is 26.2 Å². The van der Waals surface area contributed by atoms with Crippen molar-refractivity contribution in [2.45, 2.75) is 233 Å². The van der Waals surface area contributed by atoms with Crippen LogP contribution in [0.2, 0.25) is 0 Å². The molecular weight excluding hydrogens is 721 g/mol. The van der Waals surface area contributed by atoms with Crippen LogP contribution in [0.25, 0.3) is 0 Å². The van der Waals surface area contributed by atoms with E-state index < -0.39 is 11.8 Å². The van der Waals surface area contributed by atoms with Crippen molar-refractivity contribution in [3.63, 3.8) is 0 Å². The highest BCUT2D eigenvalue weighted by atomic mass is 16.2. The zero-order valence-corrected chi connectivity index (χ0v) is 38.2. The lowest BCUT2D eigenvalue weighted by molar-refractivity contribution is 0.0907. The van der Waals surface area contributed by atoms with Crippen LogP contribution in [-0.2, 0) is 0 Å². The number of hydrogen-bond acceptors (Lipinski definition) is 4. The first-order valence-corrected chi connectivity index (χ1v) is 24.7. The molecule has 1 aromatic rings. The molecule has 0 unspecified atom stereocenters. The largest absolute Gasteiger partial charge is 0.352 e. The zero-order valence-electron chi connectivity index (χ0n) is 38.2. The van der Waals surface area contributed by atoms with Crippen molar-refractivity contribution in [2.24, 2.45) is 0 Å². The van der Waals surface area contributed by atoms with Gasteiger partial charge in [-0.25, -0.2) is 0 Å². The standard InChI is InChI=1S/C50H90N4O4/c1-5-9-13-17-19-21-23-25-27-29-31-35-39-53-49(57)45-41-44(48(56)52-38-34-16-12-8-4)46(42-43(45)47(55)51-37-33-15-11-7-3)50(58)54-40-36-32-30-28-26-24-22-20-18-14-10-6-2/h41-42H,5-40H2,1-4H3,(H,51,55)(H,52,56)(H,53,57)(H,54,58). The lowest BCUT2D eigenvalue weighted by atomic mass is 9.95. The van der Waals surface area contributed by atoms with E-state index in [-0.39, 0.29) is 34.1 Å². The summed E-state index contributed by atoms with van der Waals surface area (Å²) in [6.45, 7) is 10.8. The minimum atomic E-state index is -0.395. The molecule has 0 radical (unpaired) electrons. The maximum atomic E-state index is 13.8. The van der Waals surface area contributed by atoms with Crippen molar-refractivity contribution in [3.05, 3.63) is 34.4 Å². The van der Waals surface area contributed by atoms with Crippen molar-refractivity contribution < 1.29 is 19.2 Å². The third-order valence-electron chi connectivity index (χ3n) is 11.4. The lowest BCUT2D eigenvalue weighted by Crippen LogP contribution is -2.34. The average molecular weight is 811 g/mol. The maximum absolute atomic E-state index is 13.8. The van der Waals surface area contributed by atoms with Crippen LogP contribution < -0.4 is 21.3 Å². The molecule has 0 heterocycles. The van der Waals surface area contributed by atoms with E-state index in [1.807, 2.05) is 0 Å². The molecule has 0 aliphatic heterocycles. The number of rotatable bonds is 40. The summed E-state index contributed by atoms with van der Waals surface area (Å²) in [7, 11) is 0. The first kappa shape index (κ1) is 53.1. The first-order valence-electron chi connectivity index (χ1n) is 24.7. The fourth-order valence-electron chi connectivity index (χ4n) is 7.58. The Kier molecular flexibility index (Phi) is 35.1. The second-order valence-electron chi connectivity index (χ2n) is 16.9. The second-order valence-corrected chi connectivity index (χ2v) is 16.9. The van der Waals surface area contributed by atoms with Crippen LogP contribution in [0.15, 0.2) is 12.1 Å². The third-order valence-corrected chi connectivity index (χ3v) is 11.4. The lowest BCUT2D eigenvalue weighted by Gasteiger charge is -2.17. The van der Waals surface area contributed by atoms with Crippen LogP contribution in [0.4, 0.5) is 0 Å². The highest BCUT2D eigenvalue weighted by molar-refractivity contribution is 6.14. The van der Waals surface area contributed by atoms with Crippen molar-refractivity contribution in [2.75, 3.05) is 26.2 Å². The first-order chi connectivity index (χ1) is 28.4. The van der Waals surface area contributed by atoms with Gasteiger partial charge in [0.05, 0.1) is 22.3 Å². The molecule has 1 rings (SSSR count). The number of unbranched alkanes of at least 4 members (excludes halogenated alkanes) is 28. The van der Waals surface area contributed by atoms with Crippen LogP contribution >= 0.6 is 0 Å². The fraction of sp³-hybridized carbons (Fsp3) is 0.800. The number of carbonyl (C=O) groups excluding carboxylic acids is 4. The number of nitrogens with one attached hydrogen (secondary N) is 4. The molecule has 58 heavy (non-hydrogen) atoms. The Labute approximate surface area is 356 Å². The summed E-state index contributed by atoms with van der Waals surface area (Å²) in [4.78, 5) is 54.9. The number of carbonyl (C=O) groups is 4. The van der Waals surface area contributed by atoms with E-state index in [0.717, 1.165) is 89.9 Å². The molecule has 0 saturated heterocycles. The van der Waals surface area contributed by atoms with Crippen molar-refractivity contribution in [3.8, 4) is 0 Å². The van der Waals surface area contributed by atoms with E-state index in [0.29, 0.717) is 26.2 Å². The van der Waals surface area contributed by atoms with Gasteiger partial charge in [-0.3, -0.25) is 19.2 Å². The monoisotopic (exact) mass is 811 g/mol. The van der Waals surface area contributed by atoms with Crippen LogP contribution in [0.1, 0.15) is 275 Å². The third kappa shape index (κ3) is 27.0. The quantitative estimate of drug-likeness (QED) is 0.0494.